The number of phenolic OH excluding ortho intramolecular Hbond substituents is 1. The van der Waals surface area contributed by atoms with Crippen molar-refractivity contribution >= 4 is 29.1 Å². The number of carbonyl (C=O) groups excluding carboxylic acids is 2. The molecule has 2 aromatic rings. The second kappa shape index (κ2) is 9.41. The molecular formula is C23H25ClN2O5. The molecule has 31 heavy (non-hydrogen) atoms. The Morgan fingerprint density at radius 3 is 2.55 bits per heavy atom. The van der Waals surface area contributed by atoms with Crippen molar-refractivity contribution in [2.45, 2.75) is 12.5 Å². The van der Waals surface area contributed by atoms with Crippen LogP contribution in [0.25, 0.3) is 5.76 Å². The lowest BCUT2D eigenvalue weighted by Gasteiger charge is -2.26. The SMILES string of the molecule is COc1ccc(/C(O)=C2/C(=O)C(=O)N(CCCN(C)C)C2c2cccc(O)c2)cc1Cl. The monoisotopic (exact) mass is 444 g/mol. The van der Waals surface area contributed by atoms with Crippen LogP contribution in [0.3, 0.4) is 0 Å². The predicted molar refractivity (Wildman–Crippen MR) is 118 cm³/mol. The molecule has 7 nitrogen and oxygen atoms in total. The van der Waals surface area contributed by atoms with Crippen molar-refractivity contribution in [2.24, 2.45) is 0 Å². The van der Waals surface area contributed by atoms with E-state index >= 15 is 0 Å². The molecule has 1 atom stereocenters. The summed E-state index contributed by atoms with van der Waals surface area (Å²) in [7, 11) is 5.32. The van der Waals surface area contributed by atoms with Gasteiger partial charge in [0.05, 0.1) is 23.7 Å². The van der Waals surface area contributed by atoms with Gasteiger partial charge in [-0.3, -0.25) is 9.59 Å². The van der Waals surface area contributed by atoms with Crippen LogP contribution in [0.1, 0.15) is 23.6 Å². The Morgan fingerprint density at radius 1 is 1.19 bits per heavy atom. The Kier molecular flexibility index (Phi) is 6.87. The van der Waals surface area contributed by atoms with Gasteiger partial charge in [-0.05, 0) is 63.0 Å². The van der Waals surface area contributed by atoms with E-state index in [4.69, 9.17) is 16.3 Å². The number of Topliss-reactive ketones (excluding diaryl/α,β-unsaturated/α-hetero) is 1. The molecule has 1 aliphatic rings. The summed E-state index contributed by atoms with van der Waals surface area (Å²) in [5.74, 6) is -1.36. The molecule has 1 unspecified atom stereocenters. The van der Waals surface area contributed by atoms with Crippen LogP contribution in [0, 0.1) is 0 Å². The van der Waals surface area contributed by atoms with Crippen molar-refractivity contribution in [2.75, 3.05) is 34.3 Å². The fourth-order valence-corrected chi connectivity index (χ4v) is 3.94. The molecule has 2 N–H and O–H groups in total. The summed E-state index contributed by atoms with van der Waals surface area (Å²) in [6, 6.07) is 10.1. The smallest absolute Gasteiger partial charge is 0.295 e. The molecule has 0 spiro atoms. The second-order valence-corrected chi connectivity index (χ2v) is 8.00. The number of aromatic hydroxyl groups is 1. The number of hydrogen-bond donors (Lipinski definition) is 2. The van der Waals surface area contributed by atoms with Gasteiger partial charge in [0, 0.05) is 12.1 Å². The fourth-order valence-electron chi connectivity index (χ4n) is 3.68. The first-order valence-corrected chi connectivity index (χ1v) is 10.2. The van der Waals surface area contributed by atoms with Gasteiger partial charge in [0.1, 0.15) is 17.3 Å². The summed E-state index contributed by atoms with van der Waals surface area (Å²) in [6.45, 7) is 1.05. The number of nitrogens with zero attached hydrogens (tertiary/aromatic N) is 2. The number of amides is 1. The molecule has 8 heteroatoms. The standard InChI is InChI=1S/C23H25ClN2O5/c1-25(2)10-5-11-26-20(14-6-4-7-16(27)12-14)19(22(29)23(26)30)21(28)15-8-9-18(31-3)17(24)13-15/h4,6-9,12-13,20,27-28H,5,10-11H2,1-3H3/b21-19-. The minimum Gasteiger partial charge on any atom is -0.508 e. The lowest BCUT2D eigenvalue weighted by Crippen LogP contribution is -2.32. The summed E-state index contributed by atoms with van der Waals surface area (Å²) in [5.41, 5.74) is 0.786. The molecule has 0 aromatic heterocycles. The number of hydrogen-bond acceptors (Lipinski definition) is 6. The van der Waals surface area contributed by atoms with E-state index in [1.54, 1.807) is 24.3 Å². The third-order valence-electron chi connectivity index (χ3n) is 5.16. The molecule has 1 heterocycles. The Bertz CT molecular complexity index is 1030. The number of carbonyl (C=O) groups is 2. The Balaban J connectivity index is 2.11. The first-order valence-electron chi connectivity index (χ1n) is 9.80. The highest BCUT2D eigenvalue weighted by Gasteiger charge is 2.45. The van der Waals surface area contributed by atoms with Crippen LogP contribution in [-0.2, 0) is 9.59 Å². The first-order chi connectivity index (χ1) is 14.7. The van der Waals surface area contributed by atoms with E-state index in [2.05, 4.69) is 0 Å². The molecular weight excluding hydrogens is 420 g/mol. The van der Waals surface area contributed by atoms with Crippen LogP contribution >= 0.6 is 11.6 Å². The van der Waals surface area contributed by atoms with Gasteiger partial charge in [-0.15, -0.1) is 0 Å². The van der Waals surface area contributed by atoms with E-state index in [-0.39, 0.29) is 22.1 Å². The maximum atomic E-state index is 13.0. The predicted octanol–water partition coefficient (Wildman–Crippen LogP) is 3.43. The minimum atomic E-state index is -0.824. The van der Waals surface area contributed by atoms with Gasteiger partial charge >= 0.3 is 0 Å². The van der Waals surface area contributed by atoms with Crippen LogP contribution in [-0.4, -0.2) is 66.0 Å². The zero-order chi connectivity index (χ0) is 22.7. The third-order valence-corrected chi connectivity index (χ3v) is 5.45. The van der Waals surface area contributed by atoms with Crippen molar-refractivity contribution in [1.82, 2.24) is 9.80 Å². The molecule has 0 radical (unpaired) electrons. The van der Waals surface area contributed by atoms with Crippen LogP contribution in [0.4, 0.5) is 0 Å². The molecule has 2 aromatic carbocycles. The number of rotatable bonds is 7. The topological polar surface area (TPSA) is 90.3 Å². The normalized spacial score (nSPS) is 18.1. The van der Waals surface area contributed by atoms with E-state index in [0.29, 0.717) is 29.8 Å². The van der Waals surface area contributed by atoms with Crippen LogP contribution in [0.5, 0.6) is 11.5 Å². The summed E-state index contributed by atoms with van der Waals surface area (Å²) >= 11 is 6.19. The molecule has 0 bridgehead atoms. The van der Waals surface area contributed by atoms with Gasteiger partial charge in [-0.2, -0.15) is 0 Å². The lowest BCUT2D eigenvalue weighted by molar-refractivity contribution is -0.139. The summed E-state index contributed by atoms with van der Waals surface area (Å²) < 4.78 is 5.14. The van der Waals surface area contributed by atoms with Crippen molar-refractivity contribution in [3.63, 3.8) is 0 Å². The number of ketones is 1. The first kappa shape index (κ1) is 22.7. The lowest BCUT2D eigenvalue weighted by atomic mass is 9.95. The average Bonchev–Trinajstić information content (AvgIpc) is 2.98. The zero-order valence-corrected chi connectivity index (χ0v) is 18.4. The van der Waals surface area contributed by atoms with Crippen LogP contribution in [0.2, 0.25) is 5.02 Å². The molecule has 1 amide bonds. The van der Waals surface area contributed by atoms with Gasteiger partial charge in [-0.25, -0.2) is 0 Å². The summed E-state index contributed by atoms with van der Waals surface area (Å²) in [4.78, 5) is 29.3. The summed E-state index contributed by atoms with van der Waals surface area (Å²) in [5, 5.41) is 21.3. The minimum absolute atomic E-state index is 0.00358. The number of methoxy groups -OCH3 is 1. The second-order valence-electron chi connectivity index (χ2n) is 7.59. The van der Waals surface area contributed by atoms with Crippen molar-refractivity contribution in [3.05, 3.63) is 64.2 Å². The van der Waals surface area contributed by atoms with E-state index < -0.39 is 17.7 Å². The maximum Gasteiger partial charge on any atom is 0.295 e. The summed E-state index contributed by atoms with van der Waals surface area (Å²) in [6.07, 6.45) is 0.643. The highest BCUT2D eigenvalue weighted by molar-refractivity contribution is 6.46. The zero-order valence-electron chi connectivity index (χ0n) is 17.6. The molecule has 1 fully saturated rings. The third kappa shape index (κ3) is 4.68. The number of phenols is 1. The Hall–Kier alpha value is -3.03. The molecule has 1 aliphatic heterocycles. The number of aliphatic hydroxyl groups excluding tert-OH is 1. The number of aliphatic hydroxyl groups is 1. The maximum absolute atomic E-state index is 13.0. The molecule has 3 rings (SSSR count). The molecule has 0 aliphatic carbocycles. The number of ether oxygens (including phenoxy) is 1. The highest BCUT2D eigenvalue weighted by atomic mass is 35.5. The molecule has 1 saturated heterocycles. The van der Waals surface area contributed by atoms with E-state index in [9.17, 15) is 19.8 Å². The molecule has 0 saturated carbocycles. The van der Waals surface area contributed by atoms with Crippen molar-refractivity contribution in [3.8, 4) is 11.5 Å². The van der Waals surface area contributed by atoms with Gasteiger partial charge < -0.3 is 24.7 Å². The Labute approximate surface area is 186 Å². The van der Waals surface area contributed by atoms with E-state index in [1.165, 1.54) is 30.2 Å². The number of likely N-dealkylation sites (tertiary alicyclic amines) is 1. The van der Waals surface area contributed by atoms with Crippen LogP contribution < -0.4 is 4.74 Å². The van der Waals surface area contributed by atoms with Gasteiger partial charge in [0.2, 0.25) is 0 Å². The van der Waals surface area contributed by atoms with E-state index in [1.807, 2.05) is 19.0 Å². The van der Waals surface area contributed by atoms with Crippen molar-refractivity contribution < 1.29 is 24.5 Å². The quantitative estimate of drug-likeness (QED) is 0.386. The van der Waals surface area contributed by atoms with Crippen LogP contribution in [0.15, 0.2) is 48.0 Å². The highest BCUT2D eigenvalue weighted by Crippen LogP contribution is 2.41. The van der Waals surface area contributed by atoms with Gasteiger partial charge in [0.25, 0.3) is 11.7 Å². The van der Waals surface area contributed by atoms with E-state index in [0.717, 1.165) is 6.54 Å². The molecule has 164 valence electrons. The Morgan fingerprint density at radius 2 is 1.94 bits per heavy atom. The average molecular weight is 445 g/mol. The van der Waals surface area contributed by atoms with Gasteiger partial charge in [0.15, 0.2) is 0 Å². The fraction of sp³-hybridized carbons (Fsp3) is 0.304. The largest absolute Gasteiger partial charge is 0.508 e. The number of halogens is 1. The van der Waals surface area contributed by atoms with Crippen molar-refractivity contribution in [1.29, 1.82) is 0 Å². The van der Waals surface area contributed by atoms with Gasteiger partial charge in [-0.1, -0.05) is 23.7 Å². The number of benzene rings is 2.